The highest BCUT2D eigenvalue weighted by atomic mass is 32.2. The molecular weight excluding hydrogens is 727 g/mol. The maximum atomic E-state index is 13.5. The Morgan fingerprint density at radius 2 is 1.31 bits per heavy atom. The van der Waals surface area contributed by atoms with Gasteiger partial charge >= 0.3 is 12.4 Å². The topological polar surface area (TPSA) is 75.7 Å². The third-order valence-electron chi connectivity index (χ3n) is 9.15. The Hall–Kier alpha value is -3.92. The molecule has 5 rings (SSSR count). The summed E-state index contributed by atoms with van der Waals surface area (Å²) >= 11 is 0. The molecule has 0 spiro atoms. The van der Waals surface area contributed by atoms with Crippen molar-refractivity contribution in [2.24, 2.45) is 5.92 Å². The van der Waals surface area contributed by atoms with Crippen LogP contribution in [0.4, 0.5) is 39.5 Å². The third-order valence-corrected chi connectivity index (χ3v) is 11.0. The number of rotatable bonds is 8. The largest absolute Gasteiger partial charge is 0.430 e. The predicted octanol–water partition coefficient (Wildman–Crippen LogP) is 8.12. The van der Waals surface area contributed by atoms with Gasteiger partial charge in [0, 0.05) is 53.2 Å². The Balaban J connectivity index is 0.000000234. The molecule has 2 aliphatic rings. The number of halogens is 9. The first-order valence-corrected chi connectivity index (χ1v) is 17.6. The number of hydrogen-bond donors (Lipinski definition) is 1. The fourth-order valence-corrected chi connectivity index (χ4v) is 7.71. The van der Waals surface area contributed by atoms with Gasteiger partial charge in [-0.3, -0.25) is 13.8 Å². The van der Waals surface area contributed by atoms with E-state index in [-0.39, 0.29) is 34.8 Å². The van der Waals surface area contributed by atoms with Crippen molar-refractivity contribution >= 4 is 22.6 Å². The first kappa shape index (κ1) is 40.8. The molecule has 16 heteroatoms. The Morgan fingerprint density at radius 1 is 0.769 bits per heavy atom. The van der Waals surface area contributed by atoms with Crippen molar-refractivity contribution in [2.75, 3.05) is 13.1 Å². The van der Waals surface area contributed by atoms with Crippen LogP contribution in [0.15, 0.2) is 77.7 Å². The molecule has 1 unspecified atom stereocenters. The van der Waals surface area contributed by atoms with E-state index in [4.69, 9.17) is 0 Å². The second kappa shape index (κ2) is 17.3. The number of benzene rings is 3. The van der Waals surface area contributed by atoms with E-state index >= 15 is 0 Å². The molecule has 1 aliphatic heterocycles. The van der Waals surface area contributed by atoms with Gasteiger partial charge in [0.25, 0.3) is 5.60 Å². The molecule has 2 fully saturated rings. The Bertz CT molecular complexity index is 1640. The van der Waals surface area contributed by atoms with Gasteiger partial charge in [0.2, 0.25) is 11.8 Å². The number of alkyl halides is 6. The highest BCUT2D eigenvalue weighted by Gasteiger charge is 2.73. The Kier molecular flexibility index (Phi) is 13.6. The van der Waals surface area contributed by atoms with Gasteiger partial charge in [-0.2, -0.15) is 26.3 Å². The maximum absolute atomic E-state index is 13.5. The van der Waals surface area contributed by atoms with E-state index in [9.17, 15) is 53.3 Å². The quantitative estimate of drug-likeness (QED) is 0.235. The number of ether oxygens (including phenoxy) is 1. The second-order valence-corrected chi connectivity index (χ2v) is 14.3. The number of hydrogen-bond acceptors (Lipinski definition) is 4. The molecular formula is C36H37F9N2O4S. The minimum absolute atomic E-state index is 0.0216. The van der Waals surface area contributed by atoms with Crippen LogP contribution < -0.4 is 5.32 Å². The van der Waals surface area contributed by atoms with Crippen LogP contribution in [0, 0.1) is 23.4 Å². The van der Waals surface area contributed by atoms with Crippen molar-refractivity contribution < 1.29 is 58.0 Å². The van der Waals surface area contributed by atoms with Crippen LogP contribution in [-0.4, -0.2) is 57.7 Å². The number of carbonyl (C=O) groups is 2. The summed E-state index contributed by atoms with van der Waals surface area (Å²) in [7, 11) is -1.14. The molecule has 1 aliphatic carbocycles. The van der Waals surface area contributed by atoms with Gasteiger partial charge in [0.1, 0.15) is 17.5 Å². The highest BCUT2D eigenvalue weighted by Crippen LogP contribution is 2.53. The lowest BCUT2D eigenvalue weighted by Gasteiger charge is -2.37. The van der Waals surface area contributed by atoms with Crippen LogP contribution in [0.2, 0.25) is 0 Å². The van der Waals surface area contributed by atoms with Crippen molar-refractivity contribution in [3.05, 3.63) is 101 Å². The van der Waals surface area contributed by atoms with E-state index in [1.807, 2.05) is 0 Å². The van der Waals surface area contributed by atoms with Gasteiger partial charge in [0.05, 0.1) is 17.4 Å². The molecule has 1 saturated carbocycles. The van der Waals surface area contributed by atoms with Crippen molar-refractivity contribution in [1.29, 1.82) is 0 Å². The fourth-order valence-electron chi connectivity index (χ4n) is 6.22. The normalized spacial score (nSPS) is 19.3. The lowest BCUT2D eigenvalue weighted by atomic mass is 9.91. The molecule has 3 aromatic rings. The second-order valence-electron chi connectivity index (χ2n) is 12.5. The SMILES string of the molecule is CC(=O)N1CCC(C(=O)NC2CCC(S(=O)c3ccc(F)cc3)CC2)CC1.Fc1cccc(F)c1COC(c1ccccc1)(C(F)(F)F)C(F)(F)F. The standard InChI is InChI=1S/C20H27FN2O3S.C16H10F8O/c1-14(24)23-12-10-15(11-13-23)20(25)22-17-4-8-19(9-5-17)27(26)18-6-2-16(21)3-7-18;17-12-7-4-8-13(18)11(12)9-25-14(15(19,20)21,16(22,23)24)10-5-2-1-3-6-10/h2-3,6-7,15,17,19H,4-5,8-13H2,1H3,(H,22,25);1-8H,9H2. The molecule has 52 heavy (non-hydrogen) atoms. The van der Waals surface area contributed by atoms with Crippen molar-refractivity contribution in [1.82, 2.24) is 10.2 Å². The molecule has 1 saturated heterocycles. The average molecular weight is 765 g/mol. The number of piperidine rings is 1. The molecule has 0 radical (unpaired) electrons. The molecule has 1 N–H and O–H groups in total. The Labute approximate surface area is 297 Å². The van der Waals surface area contributed by atoms with E-state index in [0.717, 1.165) is 56.7 Å². The summed E-state index contributed by atoms with van der Waals surface area (Å²) in [6, 6.07) is 12.6. The Morgan fingerprint density at radius 3 is 1.81 bits per heavy atom. The lowest BCUT2D eigenvalue weighted by Crippen LogP contribution is -2.55. The van der Waals surface area contributed by atoms with E-state index < -0.39 is 58.1 Å². The predicted molar refractivity (Wildman–Crippen MR) is 173 cm³/mol. The van der Waals surface area contributed by atoms with Crippen LogP contribution in [0.5, 0.6) is 0 Å². The first-order valence-electron chi connectivity index (χ1n) is 16.4. The van der Waals surface area contributed by atoms with Crippen molar-refractivity contribution in [3.8, 4) is 0 Å². The molecule has 1 heterocycles. The van der Waals surface area contributed by atoms with Crippen LogP contribution in [-0.2, 0) is 37.3 Å². The lowest BCUT2D eigenvalue weighted by molar-refractivity contribution is -0.392. The minimum atomic E-state index is -5.92. The summed E-state index contributed by atoms with van der Waals surface area (Å²) in [5.74, 6) is -2.82. The molecule has 1 atom stereocenters. The summed E-state index contributed by atoms with van der Waals surface area (Å²) in [6.45, 7) is 1.30. The van der Waals surface area contributed by atoms with E-state index in [1.165, 1.54) is 18.2 Å². The van der Waals surface area contributed by atoms with Crippen molar-refractivity contribution in [2.45, 2.75) is 86.2 Å². The van der Waals surface area contributed by atoms with Crippen LogP contribution in [0.1, 0.15) is 56.6 Å². The molecule has 6 nitrogen and oxygen atoms in total. The average Bonchev–Trinajstić information content (AvgIpc) is 3.09. The summed E-state index contributed by atoms with van der Waals surface area (Å²) in [5.41, 5.74) is -7.00. The molecule has 284 valence electrons. The molecule has 0 bridgehead atoms. The molecule has 3 aromatic carbocycles. The smallest absolute Gasteiger partial charge is 0.353 e. The van der Waals surface area contributed by atoms with Gasteiger partial charge in [-0.1, -0.05) is 36.4 Å². The molecule has 0 aromatic heterocycles. The zero-order valence-electron chi connectivity index (χ0n) is 27.9. The van der Waals surface area contributed by atoms with E-state index in [2.05, 4.69) is 10.1 Å². The summed E-state index contributed by atoms with van der Waals surface area (Å²) in [6.07, 6.45) is -7.20. The summed E-state index contributed by atoms with van der Waals surface area (Å²) in [4.78, 5) is 26.3. The van der Waals surface area contributed by atoms with E-state index in [1.54, 1.807) is 24.0 Å². The summed E-state index contributed by atoms with van der Waals surface area (Å²) < 4.78 is 137. The van der Waals surface area contributed by atoms with E-state index in [0.29, 0.717) is 42.3 Å². The number of nitrogens with one attached hydrogen (secondary N) is 1. The van der Waals surface area contributed by atoms with Gasteiger partial charge < -0.3 is 15.0 Å². The first-order chi connectivity index (χ1) is 24.4. The highest BCUT2D eigenvalue weighted by molar-refractivity contribution is 7.85. The zero-order valence-corrected chi connectivity index (χ0v) is 28.7. The monoisotopic (exact) mass is 764 g/mol. The van der Waals surface area contributed by atoms with Gasteiger partial charge in [-0.05, 0) is 74.9 Å². The number of nitrogens with zero attached hydrogens (tertiary/aromatic N) is 1. The van der Waals surface area contributed by atoms with Crippen LogP contribution >= 0.6 is 0 Å². The van der Waals surface area contributed by atoms with Crippen molar-refractivity contribution in [3.63, 3.8) is 0 Å². The third kappa shape index (κ3) is 9.73. The van der Waals surface area contributed by atoms with Gasteiger partial charge in [-0.15, -0.1) is 0 Å². The number of likely N-dealkylation sites (tertiary alicyclic amines) is 1. The van der Waals surface area contributed by atoms with Crippen LogP contribution in [0.25, 0.3) is 0 Å². The maximum Gasteiger partial charge on any atom is 0.430 e. The minimum Gasteiger partial charge on any atom is -0.353 e. The van der Waals surface area contributed by atoms with Gasteiger partial charge in [0.15, 0.2) is 0 Å². The van der Waals surface area contributed by atoms with Crippen LogP contribution in [0.3, 0.4) is 0 Å². The zero-order chi connectivity index (χ0) is 38.3. The number of carbonyl (C=O) groups excluding carboxylic acids is 2. The fraction of sp³-hybridized carbons (Fsp3) is 0.444. The summed E-state index contributed by atoms with van der Waals surface area (Å²) in [5, 5.41) is 3.21. The molecule has 2 amide bonds. The number of amides is 2. The van der Waals surface area contributed by atoms with Gasteiger partial charge in [-0.25, -0.2) is 13.2 Å².